The van der Waals surface area contributed by atoms with Crippen molar-refractivity contribution in [1.29, 1.82) is 0 Å². The summed E-state index contributed by atoms with van der Waals surface area (Å²) in [5, 5.41) is 0.413. The molecule has 0 saturated carbocycles. The minimum atomic E-state index is 0.413. The van der Waals surface area contributed by atoms with Crippen molar-refractivity contribution in [2.24, 2.45) is 0 Å². The van der Waals surface area contributed by atoms with Crippen LogP contribution >= 0.6 is 27.5 Å². The third-order valence-electron chi connectivity index (χ3n) is 1.64. The highest BCUT2D eigenvalue weighted by Crippen LogP contribution is 2.27. The molecule has 2 heterocycles. The van der Waals surface area contributed by atoms with Gasteiger partial charge in [0, 0.05) is 5.69 Å². The molecule has 0 amide bonds. The smallest absolute Gasteiger partial charge is 0.198 e. The first-order valence-electron chi connectivity index (χ1n) is 3.91. The lowest BCUT2D eigenvalue weighted by molar-refractivity contribution is 0.575. The van der Waals surface area contributed by atoms with Crippen LogP contribution in [0.5, 0.6) is 0 Å². The zero-order valence-electron chi connectivity index (χ0n) is 7.29. The van der Waals surface area contributed by atoms with Crippen molar-refractivity contribution in [3.05, 3.63) is 33.7 Å². The van der Waals surface area contributed by atoms with Gasteiger partial charge in [0.15, 0.2) is 11.6 Å². The molecule has 0 bridgehead atoms. The Balaban J connectivity index is 2.57. The highest BCUT2D eigenvalue weighted by Gasteiger charge is 2.10. The first kappa shape index (κ1) is 9.68. The number of rotatable bonds is 1. The van der Waals surface area contributed by atoms with E-state index in [2.05, 4.69) is 25.9 Å². The second-order valence-electron chi connectivity index (χ2n) is 2.75. The van der Waals surface area contributed by atoms with Crippen LogP contribution in [0.1, 0.15) is 5.69 Å². The highest BCUT2D eigenvalue weighted by atomic mass is 79.9. The number of nitrogens with zero attached hydrogens (tertiary/aromatic N) is 2. The maximum Gasteiger partial charge on any atom is 0.198 e. The normalized spacial score (nSPS) is 10.5. The molecule has 2 aromatic rings. The molecule has 0 N–H and O–H groups in total. The monoisotopic (exact) mass is 272 g/mol. The second-order valence-corrected chi connectivity index (χ2v) is 3.99. The number of hydrogen-bond acceptors (Lipinski definition) is 3. The molecule has 14 heavy (non-hydrogen) atoms. The Bertz CT molecular complexity index is 449. The minimum Gasteiger partial charge on any atom is -0.460 e. The Labute approximate surface area is 94.3 Å². The fraction of sp³-hybridized carbons (Fsp3) is 0.111. The standard InChI is InChI=1S/C9H6BrClN2O/c1-5-4-7(11)13-9(12-5)8-6(10)2-3-14-8/h2-4H,1H3. The predicted octanol–water partition coefficient (Wildman–Crippen LogP) is 3.46. The summed E-state index contributed by atoms with van der Waals surface area (Å²) in [7, 11) is 0. The predicted molar refractivity (Wildman–Crippen MR) is 57.2 cm³/mol. The van der Waals surface area contributed by atoms with Crippen molar-refractivity contribution >= 4 is 27.5 Å². The van der Waals surface area contributed by atoms with Crippen LogP contribution in [0.25, 0.3) is 11.6 Å². The van der Waals surface area contributed by atoms with Gasteiger partial charge in [-0.15, -0.1) is 0 Å². The summed E-state index contributed by atoms with van der Waals surface area (Å²) in [6.45, 7) is 1.86. The molecule has 0 saturated heterocycles. The van der Waals surface area contributed by atoms with Crippen LogP contribution in [0.2, 0.25) is 5.15 Å². The van der Waals surface area contributed by atoms with E-state index in [0.717, 1.165) is 10.2 Å². The molecule has 0 unspecified atom stereocenters. The lowest BCUT2D eigenvalue weighted by atomic mass is 10.4. The van der Waals surface area contributed by atoms with Crippen molar-refractivity contribution in [1.82, 2.24) is 9.97 Å². The van der Waals surface area contributed by atoms with Crippen LogP contribution in [0.15, 0.2) is 27.3 Å². The fourth-order valence-electron chi connectivity index (χ4n) is 1.08. The lowest BCUT2D eigenvalue weighted by Crippen LogP contribution is -1.91. The highest BCUT2D eigenvalue weighted by molar-refractivity contribution is 9.10. The van der Waals surface area contributed by atoms with Crippen LogP contribution in [0.4, 0.5) is 0 Å². The van der Waals surface area contributed by atoms with Crippen molar-refractivity contribution in [3.63, 3.8) is 0 Å². The molecule has 2 rings (SSSR count). The van der Waals surface area contributed by atoms with E-state index in [0.29, 0.717) is 16.7 Å². The van der Waals surface area contributed by atoms with E-state index in [4.69, 9.17) is 16.0 Å². The molecular weight excluding hydrogens is 267 g/mol. The van der Waals surface area contributed by atoms with Crippen LogP contribution in [0, 0.1) is 6.92 Å². The van der Waals surface area contributed by atoms with E-state index >= 15 is 0 Å². The van der Waals surface area contributed by atoms with Crippen LogP contribution in [-0.2, 0) is 0 Å². The van der Waals surface area contributed by atoms with Gasteiger partial charge >= 0.3 is 0 Å². The summed E-state index contributed by atoms with van der Waals surface area (Å²) in [6.07, 6.45) is 1.57. The largest absolute Gasteiger partial charge is 0.460 e. The first-order chi connectivity index (χ1) is 6.66. The van der Waals surface area contributed by atoms with Gasteiger partial charge in [-0.3, -0.25) is 0 Å². The van der Waals surface area contributed by atoms with E-state index in [9.17, 15) is 0 Å². The van der Waals surface area contributed by atoms with E-state index < -0.39 is 0 Å². The van der Waals surface area contributed by atoms with Gasteiger partial charge in [-0.1, -0.05) is 11.6 Å². The van der Waals surface area contributed by atoms with E-state index in [-0.39, 0.29) is 0 Å². The van der Waals surface area contributed by atoms with Crippen LogP contribution in [-0.4, -0.2) is 9.97 Å². The number of halogens is 2. The summed E-state index contributed by atoms with van der Waals surface area (Å²) in [6, 6.07) is 3.48. The Morgan fingerprint density at radius 1 is 1.43 bits per heavy atom. The number of aromatic nitrogens is 2. The number of aryl methyl sites for hydroxylation is 1. The van der Waals surface area contributed by atoms with Gasteiger partial charge in [0.25, 0.3) is 0 Å². The zero-order valence-corrected chi connectivity index (χ0v) is 9.63. The molecule has 0 radical (unpaired) electrons. The minimum absolute atomic E-state index is 0.413. The molecule has 0 aromatic carbocycles. The molecule has 0 spiro atoms. The van der Waals surface area contributed by atoms with Gasteiger partial charge in [0.2, 0.25) is 0 Å². The van der Waals surface area contributed by atoms with E-state index in [1.54, 1.807) is 18.4 Å². The zero-order chi connectivity index (χ0) is 10.1. The van der Waals surface area contributed by atoms with Crippen molar-refractivity contribution in [2.45, 2.75) is 6.92 Å². The molecule has 0 atom stereocenters. The Morgan fingerprint density at radius 3 is 2.79 bits per heavy atom. The molecule has 2 aromatic heterocycles. The molecule has 0 fully saturated rings. The van der Waals surface area contributed by atoms with Gasteiger partial charge in [0.05, 0.1) is 10.7 Å². The Morgan fingerprint density at radius 2 is 2.21 bits per heavy atom. The third kappa shape index (κ3) is 1.81. The maximum atomic E-state index is 5.81. The van der Waals surface area contributed by atoms with E-state index in [1.165, 1.54) is 0 Å². The third-order valence-corrected chi connectivity index (χ3v) is 2.46. The number of furan rings is 1. The van der Waals surface area contributed by atoms with Crippen molar-refractivity contribution in [3.8, 4) is 11.6 Å². The van der Waals surface area contributed by atoms with Crippen molar-refractivity contribution in [2.75, 3.05) is 0 Å². The van der Waals surface area contributed by atoms with Gasteiger partial charge in [-0.2, -0.15) is 0 Å². The quantitative estimate of drug-likeness (QED) is 0.747. The van der Waals surface area contributed by atoms with Crippen LogP contribution < -0.4 is 0 Å². The summed E-state index contributed by atoms with van der Waals surface area (Å²) in [5.74, 6) is 1.09. The second kappa shape index (κ2) is 3.71. The molecule has 72 valence electrons. The summed E-state index contributed by atoms with van der Waals surface area (Å²) < 4.78 is 6.05. The van der Waals surface area contributed by atoms with E-state index in [1.807, 2.05) is 6.92 Å². The van der Waals surface area contributed by atoms with Gasteiger partial charge in [0.1, 0.15) is 5.15 Å². The molecule has 0 aliphatic heterocycles. The number of hydrogen-bond donors (Lipinski definition) is 0. The molecular formula is C9H6BrClN2O. The van der Waals surface area contributed by atoms with Gasteiger partial charge in [-0.05, 0) is 35.0 Å². The lowest BCUT2D eigenvalue weighted by Gasteiger charge is -1.99. The fourth-order valence-corrected chi connectivity index (χ4v) is 1.70. The van der Waals surface area contributed by atoms with Crippen LogP contribution in [0.3, 0.4) is 0 Å². The molecule has 3 nitrogen and oxygen atoms in total. The molecule has 0 aliphatic rings. The summed E-state index contributed by atoms with van der Waals surface area (Å²) >= 11 is 9.15. The average molecular weight is 274 g/mol. The SMILES string of the molecule is Cc1cc(Cl)nc(-c2occc2Br)n1. The summed E-state index contributed by atoms with van der Waals surface area (Å²) in [4.78, 5) is 8.29. The first-order valence-corrected chi connectivity index (χ1v) is 5.08. The van der Waals surface area contributed by atoms with Gasteiger partial charge < -0.3 is 4.42 Å². The average Bonchev–Trinajstić information content (AvgIpc) is 2.49. The van der Waals surface area contributed by atoms with Crippen molar-refractivity contribution < 1.29 is 4.42 Å². The molecule has 0 aliphatic carbocycles. The Kier molecular flexibility index (Phi) is 2.56. The maximum absolute atomic E-state index is 5.81. The Hall–Kier alpha value is -0.870. The summed E-state index contributed by atoms with van der Waals surface area (Å²) in [5.41, 5.74) is 0.809. The topological polar surface area (TPSA) is 38.9 Å². The molecule has 5 heteroatoms. The van der Waals surface area contributed by atoms with Gasteiger partial charge in [-0.25, -0.2) is 9.97 Å².